The second-order valence-electron chi connectivity index (χ2n) is 7.59. The van der Waals surface area contributed by atoms with Crippen LogP contribution < -0.4 is 10.1 Å². The lowest BCUT2D eigenvalue weighted by molar-refractivity contribution is -0.126. The van der Waals surface area contributed by atoms with E-state index in [9.17, 15) is 13.2 Å². The third-order valence-corrected chi connectivity index (χ3v) is 8.23. The first-order valence-electron chi connectivity index (χ1n) is 10.5. The van der Waals surface area contributed by atoms with Crippen LogP contribution in [0.15, 0.2) is 58.3 Å². The smallest absolute Gasteiger partial charge is 0.243 e. The molecule has 0 saturated carbocycles. The molecule has 1 saturated heterocycles. The molecule has 1 heterocycles. The van der Waals surface area contributed by atoms with E-state index in [0.717, 1.165) is 5.56 Å². The van der Waals surface area contributed by atoms with Crippen LogP contribution in [-0.2, 0) is 14.8 Å². The summed E-state index contributed by atoms with van der Waals surface area (Å²) in [6.07, 6.45) is 3.06. The van der Waals surface area contributed by atoms with E-state index in [0.29, 0.717) is 38.3 Å². The molecule has 0 spiro atoms. The number of carbonyl (C=O) groups excluding carboxylic acids is 1. The van der Waals surface area contributed by atoms with Crippen molar-refractivity contribution in [3.8, 4) is 5.75 Å². The van der Waals surface area contributed by atoms with Gasteiger partial charge in [-0.1, -0.05) is 12.1 Å². The van der Waals surface area contributed by atoms with Gasteiger partial charge in [-0.25, -0.2) is 8.42 Å². The molecule has 1 N–H and O–H groups in total. The highest BCUT2D eigenvalue weighted by molar-refractivity contribution is 7.98. The molecule has 31 heavy (non-hydrogen) atoms. The molecule has 1 atom stereocenters. The molecular formula is C23H30N2O4S2. The summed E-state index contributed by atoms with van der Waals surface area (Å²) >= 11 is 1.68. The van der Waals surface area contributed by atoms with E-state index >= 15 is 0 Å². The Balaban J connectivity index is 1.55. The number of sulfonamides is 1. The monoisotopic (exact) mass is 462 g/mol. The van der Waals surface area contributed by atoms with Crippen molar-refractivity contribution in [1.29, 1.82) is 0 Å². The van der Waals surface area contributed by atoms with E-state index in [4.69, 9.17) is 4.74 Å². The number of nitrogens with one attached hydrogen (secondary N) is 1. The topological polar surface area (TPSA) is 75.7 Å². The van der Waals surface area contributed by atoms with Crippen molar-refractivity contribution in [2.75, 3.05) is 26.0 Å². The molecule has 0 unspecified atom stereocenters. The molecule has 2 aromatic carbocycles. The fourth-order valence-corrected chi connectivity index (χ4v) is 5.57. The van der Waals surface area contributed by atoms with E-state index in [1.807, 2.05) is 44.4 Å². The molecule has 1 amide bonds. The Morgan fingerprint density at radius 2 is 1.74 bits per heavy atom. The number of carbonyl (C=O) groups is 1. The zero-order valence-corrected chi connectivity index (χ0v) is 19.8. The Morgan fingerprint density at radius 1 is 1.13 bits per heavy atom. The van der Waals surface area contributed by atoms with E-state index in [1.165, 1.54) is 9.20 Å². The Labute approximate surface area is 189 Å². The Bertz CT molecular complexity index is 968. The largest absolute Gasteiger partial charge is 0.494 e. The fraction of sp³-hybridized carbons (Fsp3) is 0.435. The maximum atomic E-state index is 12.9. The van der Waals surface area contributed by atoms with Crippen LogP contribution in [0.25, 0.3) is 0 Å². The quantitative estimate of drug-likeness (QED) is 0.598. The molecule has 0 radical (unpaired) electrons. The van der Waals surface area contributed by atoms with Crippen molar-refractivity contribution in [3.05, 3.63) is 54.1 Å². The third-order valence-electron chi connectivity index (χ3n) is 5.57. The molecule has 1 aliphatic heterocycles. The second kappa shape index (κ2) is 10.5. The van der Waals surface area contributed by atoms with Crippen molar-refractivity contribution in [2.45, 2.75) is 42.5 Å². The van der Waals surface area contributed by atoms with Gasteiger partial charge in [0.2, 0.25) is 15.9 Å². The van der Waals surface area contributed by atoms with Crippen LogP contribution in [0.3, 0.4) is 0 Å². The predicted octanol–water partition coefficient (Wildman–Crippen LogP) is 4.09. The number of hydrogen-bond acceptors (Lipinski definition) is 5. The molecule has 0 bridgehead atoms. The van der Waals surface area contributed by atoms with Gasteiger partial charge in [-0.2, -0.15) is 4.31 Å². The summed E-state index contributed by atoms with van der Waals surface area (Å²) in [6.45, 7) is 5.06. The van der Waals surface area contributed by atoms with Crippen molar-refractivity contribution in [3.63, 3.8) is 0 Å². The van der Waals surface area contributed by atoms with Gasteiger partial charge >= 0.3 is 0 Å². The fourth-order valence-electron chi connectivity index (χ4n) is 3.69. The van der Waals surface area contributed by atoms with E-state index in [1.54, 1.807) is 36.0 Å². The van der Waals surface area contributed by atoms with Gasteiger partial charge in [-0.15, -0.1) is 11.8 Å². The van der Waals surface area contributed by atoms with Crippen LogP contribution in [0.1, 0.15) is 38.3 Å². The van der Waals surface area contributed by atoms with Crippen LogP contribution in [0.5, 0.6) is 5.75 Å². The average molecular weight is 463 g/mol. The van der Waals surface area contributed by atoms with Crippen LogP contribution in [-0.4, -0.2) is 44.6 Å². The Hall–Kier alpha value is -2.03. The Morgan fingerprint density at radius 3 is 2.29 bits per heavy atom. The highest BCUT2D eigenvalue weighted by Crippen LogP contribution is 2.26. The minimum Gasteiger partial charge on any atom is -0.494 e. The lowest BCUT2D eigenvalue weighted by atomic mass is 9.96. The van der Waals surface area contributed by atoms with Gasteiger partial charge in [-0.05, 0) is 74.9 Å². The molecule has 2 aromatic rings. The number of benzene rings is 2. The average Bonchev–Trinajstić information content (AvgIpc) is 2.79. The van der Waals surface area contributed by atoms with Gasteiger partial charge in [-0.3, -0.25) is 4.79 Å². The first-order chi connectivity index (χ1) is 14.8. The summed E-state index contributed by atoms with van der Waals surface area (Å²) in [5.74, 6) is 0.452. The summed E-state index contributed by atoms with van der Waals surface area (Å²) in [4.78, 5) is 14.2. The minimum absolute atomic E-state index is 0.0143. The van der Waals surface area contributed by atoms with E-state index in [-0.39, 0.29) is 22.8 Å². The Kier molecular flexibility index (Phi) is 8.02. The summed E-state index contributed by atoms with van der Waals surface area (Å²) in [5, 5.41) is 3.08. The van der Waals surface area contributed by atoms with Crippen molar-refractivity contribution >= 4 is 27.7 Å². The summed E-state index contributed by atoms with van der Waals surface area (Å²) in [5.41, 5.74) is 1.06. The zero-order valence-electron chi connectivity index (χ0n) is 18.2. The number of hydrogen-bond donors (Lipinski definition) is 1. The van der Waals surface area contributed by atoms with Gasteiger partial charge in [0.15, 0.2) is 0 Å². The van der Waals surface area contributed by atoms with Gasteiger partial charge in [0.25, 0.3) is 0 Å². The third kappa shape index (κ3) is 5.81. The standard InChI is InChI=1S/C23H30N2O4S2/c1-4-29-20-7-11-22(12-8-20)31(27,28)25-15-13-19(14-16-25)23(26)24-17(2)18-5-9-21(30-3)10-6-18/h5-12,17,19H,4,13-16H2,1-3H3,(H,24,26)/t17-/m1/s1. The van der Waals surface area contributed by atoms with Gasteiger partial charge in [0, 0.05) is 23.9 Å². The van der Waals surface area contributed by atoms with Crippen molar-refractivity contribution in [1.82, 2.24) is 9.62 Å². The first-order valence-corrected chi connectivity index (χ1v) is 13.2. The first kappa shape index (κ1) is 23.6. The van der Waals surface area contributed by atoms with Crippen LogP contribution in [0.4, 0.5) is 0 Å². The highest BCUT2D eigenvalue weighted by atomic mass is 32.2. The maximum Gasteiger partial charge on any atom is 0.243 e. The number of ether oxygens (including phenoxy) is 1. The zero-order chi connectivity index (χ0) is 22.4. The molecule has 168 valence electrons. The number of nitrogens with zero attached hydrogens (tertiary/aromatic N) is 1. The molecule has 1 aliphatic rings. The van der Waals surface area contributed by atoms with Gasteiger partial charge in [0.1, 0.15) is 5.75 Å². The number of amides is 1. The molecule has 6 nitrogen and oxygen atoms in total. The SMILES string of the molecule is CCOc1ccc(S(=O)(=O)N2CCC(C(=O)N[C@H](C)c3ccc(SC)cc3)CC2)cc1. The molecular weight excluding hydrogens is 432 g/mol. The van der Waals surface area contributed by atoms with E-state index < -0.39 is 10.0 Å². The molecule has 8 heteroatoms. The minimum atomic E-state index is -3.57. The van der Waals surface area contributed by atoms with Crippen LogP contribution in [0.2, 0.25) is 0 Å². The summed E-state index contributed by atoms with van der Waals surface area (Å²) in [6, 6.07) is 14.6. The second-order valence-corrected chi connectivity index (χ2v) is 10.4. The van der Waals surface area contributed by atoms with Crippen LogP contribution >= 0.6 is 11.8 Å². The van der Waals surface area contributed by atoms with Crippen molar-refractivity contribution in [2.24, 2.45) is 5.92 Å². The lowest BCUT2D eigenvalue weighted by Crippen LogP contribution is -2.43. The molecule has 0 aliphatic carbocycles. The predicted molar refractivity (Wildman–Crippen MR) is 124 cm³/mol. The summed E-state index contributed by atoms with van der Waals surface area (Å²) < 4.78 is 32.7. The highest BCUT2D eigenvalue weighted by Gasteiger charge is 2.32. The molecule has 3 rings (SSSR count). The van der Waals surface area contributed by atoms with Gasteiger partial charge < -0.3 is 10.1 Å². The molecule has 0 aromatic heterocycles. The normalized spacial score (nSPS) is 16.6. The van der Waals surface area contributed by atoms with Crippen LogP contribution in [0, 0.1) is 5.92 Å². The van der Waals surface area contributed by atoms with Gasteiger partial charge in [0.05, 0.1) is 17.5 Å². The van der Waals surface area contributed by atoms with E-state index in [2.05, 4.69) is 5.32 Å². The lowest BCUT2D eigenvalue weighted by Gasteiger charge is -2.31. The maximum absolute atomic E-state index is 12.9. The van der Waals surface area contributed by atoms with Crippen molar-refractivity contribution < 1.29 is 17.9 Å². The summed E-state index contributed by atoms with van der Waals surface area (Å²) in [7, 11) is -3.57. The number of piperidine rings is 1. The number of thioether (sulfide) groups is 1. The number of rotatable bonds is 8. The molecule has 1 fully saturated rings.